The summed E-state index contributed by atoms with van der Waals surface area (Å²) in [6.07, 6.45) is 9.55. The van der Waals surface area contributed by atoms with Crippen molar-refractivity contribution in [2.75, 3.05) is 32.8 Å². The lowest BCUT2D eigenvalue weighted by Gasteiger charge is -2.34. The molecule has 1 aromatic rings. The Morgan fingerprint density at radius 1 is 0.964 bits per heavy atom. The monoisotopic (exact) mass is 386 g/mol. The van der Waals surface area contributed by atoms with E-state index in [2.05, 4.69) is 10.2 Å². The molecule has 2 heterocycles. The van der Waals surface area contributed by atoms with Gasteiger partial charge in [0.05, 0.1) is 0 Å². The van der Waals surface area contributed by atoms with Gasteiger partial charge in [-0.3, -0.25) is 4.79 Å². The lowest BCUT2D eigenvalue weighted by Crippen LogP contribution is -2.45. The number of ether oxygens (including phenoxy) is 2. The highest BCUT2D eigenvalue weighted by molar-refractivity contribution is 5.78. The van der Waals surface area contributed by atoms with E-state index in [0.717, 1.165) is 63.4 Å². The molecule has 1 atom stereocenters. The number of nitrogens with one attached hydrogen (secondary N) is 1. The van der Waals surface area contributed by atoms with Crippen LogP contribution in [0, 0.1) is 11.8 Å². The predicted molar refractivity (Wildman–Crippen MR) is 110 cm³/mol. The molecule has 0 aromatic heterocycles. The van der Waals surface area contributed by atoms with Crippen molar-refractivity contribution in [3.05, 3.63) is 24.3 Å². The number of fused-ring (bicyclic) bond motifs is 1. The minimum absolute atomic E-state index is 0.0619. The minimum Gasteiger partial charge on any atom is -0.486 e. The van der Waals surface area contributed by atoms with E-state index < -0.39 is 0 Å². The van der Waals surface area contributed by atoms with Crippen molar-refractivity contribution in [1.82, 2.24) is 10.2 Å². The molecule has 1 saturated heterocycles. The summed E-state index contributed by atoms with van der Waals surface area (Å²) in [7, 11) is 0. The van der Waals surface area contributed by atoms with E-state index in [9.17, 15) is 4.79 Å². The second-order valence-electron chi connectivity index (χ2n) is 8.61. The maximum absolute atomic E-state index is 12.8. The molecule has 1 aromatic carbocycles. The zero-order chi connectivity index (χ0) is 19.2. The third-order valence-corrected chi connectivity index (χ3v) is 6.50. The molecule has 154 valence electrons. The van der Waals surface area contributed by atoms with Crippen LogP contribution in [0.2, 0.25) is 0 Å². The van der Waals surface area contributed by atoms with Gasteiger partial charge in [-0.25, -0.2) is 0 Å². The third kappa shape index (κ3) is 4.99. The molecule has 1 aliphatic carbocycles. The van der Waals surface area contributed by atoms with E-state index >= 15 is 0 Å². The first-order valence-corrected chi connectivity index (χ1v) is 11.2. The molecule has 2 fully saturated rings. The van der Waals surface area contributed by atoms with Gasteiger partial charge in [-0.15, -0.1) is 0 Å². The van der Waals surface area contributed by atoms with Gasteiger partial charge < -0.3 is 19.7 Å². The van der Waals surface area contributed by atoms with Crippen LogP contribution >= 0.6 is 0 Å². The predicted octanol–water partition coefficient (Wildman–Crippen LogP) is 3.63. The molecule has 0 spiro atoms. The summed E-state index contributed by atoms with van der Waals surface area (Å²) < 4.78 is 11.8. The van der Waals surface area contributed by atoms with Crippen LogP contribution in [-0.2, 0) is 4.79 Å². The van der Waals surface area contributed by atoms with Crippen molar-refractivity contribution in [2.45, 2.75) is 57.5 Å². The average Bonchev–Trinajstić information content (AvgIpc) is 3.03. The summed E-state index contributed by atoms with van der Waals surface area (Å²) in [6.45, 7) is 4.25. The quantitative estimate of drug-likeness (QED) is 0.785. The van der Waals surface area contributed by atoms with Gasteiger partial charge in [-0.1, -0.05) is 37.8 Å². The van der Waals surface area contributed by atoms with E-state index in [4.69, 9.17) is 9.47 Å². The van der Waals surface area contributed by atoms with Crippen molar-refractivity contribution in [3.63, 3.8) is 0 Å². The molecule has 5 heteroatoms. The summed E-state index contributed by atoms with van der Waals surface area (Å²) >= 11 is 0. The van der Waals surface area contributed by atoms with Crippen LogP contribution in [0.15, 0.2) is 24.3 Å². The number of nitrogens with zero attached hydrogens (tertiary/aromatic N) is 1. The molecule has 0 bridgehead atoms. The fourth-order valence-corrected chi connectivity index (χ4v) is 4.75. The molecule has 2 aliphatic heterocycles. The van der Waals surface area contributed by atoms with E-state index in [1.54, 1.807) is 0 Å². The number of benzene rings is 1. The summed E-state index contributed by atoms with van der Waals surface area (Å²) in [5.41, 5.74) is 0. The van der Waals surface area contributed by atoms with Crippen molar-refractivity contribution in [1.29, 1.82) is 0 Å². The normalized spacial score (nSPS) is 24.0. The van der Waals surface area contributed by atoms with Gasteiger partial charge in [-0.05, 0) is 50.3 Å². The Kier molecular flexibility index (Phi) is 6.73. The van der Waals surface area contributed by atoms with Crippen molar-refractivity contribution in [3.8, 4) is 11.5 Å². The van der Waals surface area contributed by atoms with Crippen LogP contribution in [0.1, 0.15) is 51.4 Å². The van der Waals surface area contributed by atoms with Crippen molar-refractivity contribution in [2.24, 2.45) is 11.8 Å². The summed E-state index contributed by atoms with van der Waals surface area (Å²) in [5.74, 6) is 3.05. The summed E-state index contributed by atoms with van der Waals surface area (Å²) in [6, 6.07) is 7.85. The molecular formula is C23H34N2O3. The topological polar surface area (TPSA) is 50.8 Å². The minimum atomic E-state index is 0.0619. The van der Waals surface area contributed by atoms with Crippen LogP contribution in [0.5, 0.6) is 11.5 Å². The molecule has 5 nitrogen and oxygen atoms in total. The summed E-state index contributed by atoms with van der Waals surface area (Å²) in [5, 5.41) is 3.56. The van der Waals surface area contributed by atoms with Crippen molar-refractivity contribution >= 4 is 5.91 Å². The molecular weight excluding hydrogens is 352 g/mol. The largest absolute Gasteiger partial charge is 0.486 e. The molecule has 3 aliphatic rings. The Hall–Kier alpha value is -1.75. The molecule has 1 amide bonds. The number of hydrogen-bond donors (Lipinski definition) is 1. The molecule has 1 unspecified atom stereocenters. The fraction of sp³-hybridized carbons (Fsp3) is 0.696. The Balaban J connectivity index is 1.15. The van der Waals surface area contributed by atoms with Gasteiger partial charge in [0.25, 0.3) is 0 Å². The van der Waals surface area contributed by atoms with Crippen LogP contribution < -0.4 is 14.8 Å². The van der Waals surface area contributed by atoms with E-state index in [0.29, 0.717) is 24.3 Å². The SMILES string of the molecule is O=C(C1CCCCCC1)N1CCC(CNCC2COc3ccccc3O2)CC1. The number of likely N-dealkylation sites (tertiary alicyclic amines) is 1. The number of para-hydroxylation sites is 2. The number of amides is 1. The zero-order valence-electron chi connectivity index (χ0n) is 16.9. The highest BCUT2D eigenvalue weighted by atomic mass is 16.6. The lowest BCUT2D eigenvalue weighted by molar-refractivity contribution is -0.137. The molecule has 1 N–H and O–H groups in total. The zero-order valence-corrected chi connectivity index (χ0v) is 16.9. The first-order chi connectivity index (χ1) is 13.8. The van der Waals surface area contributed by atoms with Crippen LogP contribution in [0.3, 0.4) is 0 Å². The van der Waals surface area contributed by atoms with Gasteiger partial charge in [0.2, 0.25) is 5.91 Å². The Morgan fingerprint density at radius 3 is 2.43 bits per heavy atom. The number of carbonyl (C=O) groups excluding carboxylic acids is 1. The Morgan fingerprint density at radius 2 is 1.68 bits per heavy atom. The maximum Gasteiger partial charge on any atom is 0.225 e. The number of hydrogen-bond acceptors (Lipinski definition) is 4. The number of rotatable bonds is 5. The third-order valence-electron chi connectivity index (χ3n) is 6.50. The summed E-state index contributed by atoms with van der Waals surface area (Å²) in [4.78, 5) is 15.0. The standard InChI is InChI=1S/C23H34N2O3/c26-23(19-7-3-1-2-4-8-19)25-13-11-18(12-14-25)15-24-16-20-17-27-21-9-5-6-10-22(21)28-20/h5-6,9-10,18-20,24H,1-4,7-8,11-17H2. The van der Waals surface area contributed by atoms with E-state index in [1.807, 2.05) is 24.3 Å². The molecule has 0 radical (unpaired) electrons. The Bertz CT molecular complexity index is 634. The van der Waals surface area contributed by atoms with Crippen LogP contribution in [0.4, 0.5) is 0 Å². The Labute approximate surface area is 168 Å². The van der Waals surface area contributed by atoms with E-state index in [-0.39, 0.29) is 6.10 Å². The average molecular weight is 387 g/mol. The van der Waals surface area contributed by atoms with E-state index in [1.165, 1.54) is 25.7 Å². The maximum atomic E-state index is 12.8. The highest BCUT2D eigenvalue weighted by Gasteiger charge is 2.28. The second kappa shape index (κ2) is 9.64. The molecule has 4 rings (SSSR count). The lowest BCUT2D eigenvalue weighted by atomic mass is 9.93. The molecule has 1 saturated carbocycles. The van der Waals surface area contributed by atoms with Gasteiger partial charge in [0.15, 0.2) is 11.5 Å². The first-order valence-electron chi connectivity index (χ1n) is 11.2. The molecule has 28 heavy (non-hydrogen) atoms. The van der Waals surface area contributed by atoms with Gasteiger partial charge in [0, 0.05) is 25.6 Å². The van der Waals surface area contributed by atoms with Crippen molar-refractivity contribution < 1.29 is 14.3 Å². The first kappa shape index (κ1) is 19.6. The van der Waals surface area contributed by atoms with Gasteiger partial charge in [-0.2, -0.15) is 0 Å². The van der Waals surface area contributed by atoms with Crippen LogP contribution in [-0.4, -0.2) is 49.7 Å². The smallest absolute Gasteiger partial charge is 0.225 e. The number of carbonyl (C=O) groups is 1. The van der Waals surface area contributed by atoms with Gasteiger partial charge in [0.1, 0.15) is 12.7 Å². The highest BCUT2D eigenvalue weighted by Crippen LogP contribution is 2.31. The fourth-order valence-electron chi connectivity index (χ4n) is 4.75. The number of piperidine rings is 1. The van der Waals surface area contributed by atoms with Crippen LogP contribution in [0.25, 0.3) is 0 Å². The second-order valence-corrected chi connectivity index (χ2v) is 8.61. The van der Waals surface area contributed by atoms with Gasteiger partial charge >= 0.3 is 0 Å².